The lowest BCUT2D eigenvalue weighted by molar-refractivity contribution is -0.0120. The maximum absolute atomic E-state index is 10.6. The summed E-state index contributed by atoms with van der Waals surface area (Å²) in [5.41, 5.74) is 2.17. The molecule has 0 spiro atoms. The summed E-state index contributed by atoms with van der Waals surface area (Å²) >= 11 is 0. The molecule has 1 aromatic carbocycles. The number of phenols is 1. The normalized spacial score (nSPS) is 18.6. The molecule has 1 aliphatic heterocycles. The number of aryl methyl sites for hydroxylation is 1. The predicted octanol–water partition coefficient (Wildman–Crippen LogP) is 4.90. The van der Waals surface area contributed by atoms with Crippen LogP contribution in [0.15, 0.2) is 40.9 Å². The minimum absolute atomic E-state index is 0.100. The van der Waals surface area contributed by atoms with Crippen molar-refractivity contribution in [2.24, 2.45) is 0 Å². The molecule has 7 heteroatoms. The number of nitrogens with zero attached hydrogens (tertiary/aromatic N) is 5. The number of aromatic nitrogens is 3. The Bertz CT molecular complexity index is 1090. The van der Waals surface area contributed by atoms with Crippen molar-refractivity contribution in [3.8, 4) is 28.5 Å². The van der Waals surface area contributed by atoms with Gasteiger partial charge in [-0.3, -0.25) is 4.90 Å². The van der Waals surface area contributed by atoms with Crippen LogP contribution in [0.4, 0.5) is 5.82 Å². The van der Waals surface area contributed by atoms with Gasteiger partial charge in [-0.15, -0.1) is 10.2 Å². The van der Waals surface area contributed by atoms with Crippen LogP contribution in [0.5, 0.6) is 5.75 Å². The van der Waals surface area contributed by atoms with Crippen LogP contribution in [-0.4, -0.2) is 56.4 Å². The second-order valence-electron chi connectivity index (χ2n) is 10.1. The van der Waals surface area contributed by atoms with Gasteiger partial charge >= 0.3 is 0 Å². The predicted molar refractivity (Wildman–Crippen MR) is 127 cm³/mol. The Hall–Kier alpha value is -2.93. The minimum Gasteiger partial charge on any atom is -0.507 e. The lowest BCUT2D eigenvalue weighted by Gasteiger charge is -2.55. The van der Waals surface area contributed by atoms with Gasteiger partial charge in [0, 0.05) is 35.3 Å². The van der Waals surface area contributed by atoms with E-state index in [1.54, 1.807) is 12.3 Å². The fraction of sp³-hybridized carbons (Fsp3) is 0.480. The molecule has 1 N–H and O–H groups in total. The number of rotatable bonds is 4. The standard InChI is InChI=1S/C25H33N5O2/c1-16-15-26-23(32-16)17-8-9-19(21(31)12-17)20-10-11-22(28-27-20)29(6)18-13-24(2,3)30(7)25(4,5)14-18/h8-12,15,18,31H,13-14H2,1-7H3. The summed E-state index contributed by atoms with van der Waals surface area (Å²) in [5, 5.41) is 19.5. The molecule has 0 bridgehead atoms. The van der Waals surface area contributed by atoms with Crippen molar-refractivity contribution >= 4 is 5.82 Å². The summed E-state index contributed by atoms with van der Waals surface area (Å²) in [6.45, 7) is 11.0. The van der Waals surface area contributed by atoms with Crippen molar-refractivity contribution in [1.82, 2.24) is 20.1 Å². The molecular weight excluding hydrogens is 402 g/mol. The maximum Gasteiger partial charge on any atom is 0.226 e. The van der Waals surface area contributed by atoms with Gasteiger partial charge in [-0.25, -0.2) is 4.98 Å². The third-order valence-corrected chi connectivity index (χ3v) is 6.99. The van der Waals surface area contributed by atoms with Crippen LogP contribution in [0.3, 0.4) is 0 Å². The van der Waals surface area contributed by atoms with E-state index in [4.69, 9.17) is 4.42 Å². The van der Waals surface area contributed by atoms with Crippen LogP contribution in [0.2, 0.25) is 0 Å². The van der Waals surface area contributed by atoms with E-state index in [1.807, 2.05) is 31.2 Å². The highest BCUT2D eigenvalue weighted by molar-refractivity contribution is 5.71. The van der Waals surface area contributed by atoms with E-state index in [-0.39, 0.29) is 16.8 Å². The van der Waals surface area contributed by atoms with Gasteiger partial charge in [-0.2, -0.15) is 0 Å². The first-order chi connectivity index (χ1) is 15.0. The summed E-state index contributed by atoms with van der Waals surface area (Å²) in [6.07, 6.45) is 3.76. The average Bonchev–Trinajstić information content (AvgIpc) is 3.17. The molecule has 170 valence electrons. The van der Waals surface area contributed by atoms with Crippen molar-refractivity contribution in [3.05, 3.63) is 42.3 Å². The number of benzene rings is 1. The molecular formula is C25H33N5O2. The van der Waals surface area contributed by atoms with Crippen LogP contribution in [0.25, 0.3) is 22.7 Å². The zero-order valence-corrected chi connectivity index (χ0v) is 20.0. The molecule has 7 nitrogen and oxygen atoms in total. The Balaban J connectivity index is 1.54. The van der Waals surface area contributed by atoms with Gasteiger partial charge in [0.15, 0.2) is 5.82 Å². The van der Waals surface area contributed by atoms with Gasteiger partial charge in [0.05, 0.1) is 11.9 Å². The molecule has 0 amide bonds. The summed E-state index contributed by atoms with van der Waals surface area (Å²) < 4.78 is 5.55. The molecule has 3 heterocycles. The molecule has 4 rings (SSSR count). The van der Waals surface area contributed by atoms with Gasteiger partial charge in [0.25, 0.3) is 0 Å². The summed E-state index contributed by atoms with van der Waals surface area (Å²) in [7, 11) is 4.31. The van der Waals surface area contributed by atoms with Crippen LogP contribution in [0, 0.1) is 6.92 Å². The third-order valence-electron chi connectivity index (χ3n) is 6.99. The van der Waals surface area contributed by atoms with Crippen molar-refractivity contribution < 1.29 is 9.52 Å². The quantitative estimate of drug-likeness (QED) is 0.624. The average molecular weight is 436 g/mol. The molecule has 32 heavy (non-hydrogen) atoms. The Morgan fingerprint density at radius 3 is 2.28 bits per heavy atom. The zero-order valence-electron chi connectivity index (χ0n) is 20.0. The molecule has 1 aliphatic rings. The first-order valence-corrected chi connectivity index (χ1v) is 11.0. The number of aromatic hydroxyl groups is 1. The van der Waals surface area contributed by atoms with E-state index in [1.165, 1.54) is 0 Å². The fourth-order valence-electron chi connectivity index (χ4n) is 4.81. The van der Waals surface area contributed by atoms with Crippen LogP contribution in [-0.2, 0) is 0 Å². The lowest BCUT2D eigenvalue weighted by Crippen LogP contribution is -2.62. The van der Waals surface area contributed by atoms with E-state index in [2.05, 4.69) is 66.8 Å². The van der Waals surface area contributed by atoms with Gasteiger partial charge < -0.3 is 14.4 Å². The van der Waals surface area contributed by atoms with Gasteiger partial charge in [0.2, 0.25) is 5.89 Å². The minimum atomic E-state index is 0.100. The molecule has 3 aromatic rings. The van der Waals surface area contributed by atoms with E-state index in [0.717, 1.165) is 30.0 Å². The number of anilines is 1. The van der Waals surface area contributed by atoms with Gasteiger partial charge in [0.1, 0.15) is 11.5 Å². The first kappa shape index (κ1) is 22.3. The van der Waals surface area contributed by atoms with E-state index in [9.17, 15) is 5.11 Å². The van der Waals surface area contributed by atoms with E-state index in [0.29, 0.717) is 23.2 Å². The van der Waals surface area contributed by atoms with Crippen LogP contribution >= 0.6 is 0 Å². The highest BCUT2D eigenvalue weighted by atomic mass is 16.4. The van der Waals surface area contributed by atoms with Gasteiger partial charge in [-0.05, 0) is 84.8 Å². The van der Waals surface area contributed by atoms with Crippen LogP contribution < -0.4 is 4.90 Å². The summed E-state index contributed by atoms with van der Waals surface area (Å²) in [5.74, 6) is 2.16. The number of phenolic OH excluding ortho intramolecular Hbond substituents is 1. The summed E-state index contributed by atoms with van der Waals surface area (Å²) in [6, 6.07) is 9.59. The van der Waals surface area contributed by atoms with Crippen molar-refractivity contribution in [3.63, 3.8) is 0 Å². The van der Waals surface area contributed by atoms with Crippen molar-refractivity contribution in [1.29, 1.82) is 0 Å². The fourth-order valence-corrected chi connectivity index (χ4v) is 4.81. The Morgan fingerprint density at radius 2 is 1.75 bits per heavy atom. The number of likely N-dealkylation sites (tertiary alicyclic amines) is 1. The number of hydrogen-bond donors (Lipinski definition) is 1. The second-order valence-corrected chi connectivity index (χ2v) is 10.1. The zero-order chi connectivity index (χ0) is 23.3. The summed E-state index contributed by atoms with van der Waals surface area (Å²) in [4.78, 5) is 8.93. The number of piperidine rings is 1. The van der Waals surface area contributed by atoms with Crippen LogP contribution in [0.1, 0.15) is 46.3 Å². The SMILES string of the molecule is Cc1cnc(-c2ccc(-c3ccc(N(C)C4CC(C)(C)N(C)C(C)(C)C4)nn3)c(O)c2)o1. The van der Waals surface area contributed by atoms with E-state index < -0.39 is 0 Å². The smallest absolute Gasteiger partial charge is 0.226 e. The molecule has 1 fully saturated rings. The number of hydrogen-bond acceptors (Lipinski definition) is 7. The Labute approximate surface area is 190 Å². The molecule has 0 atom stereocenters. The second kappa shape index (κ2) is 7.89. The topological polar surface area (TPSA) is 78.5 Å². The molecule has 0 aliphatic carbocycles. The van der Waals surface area contributed by atoms with E-state index >= 15 is 0 Å². The maximum atomic E-state index is 10.6. The largest absolute Gasteiger partial charge is 0.507 e. The Kier molecular flexibility index (Phi) is 5.49. The van der Waals surface area contributed by atoms with Crippen molar-refractivity contribution in [2.75, 3.05) is 19.0 Å². The number of oxazole rings is 1. The molecule has 0 saturated carbocycles. The molecule has 2 aromatic heterocycles. The van der Waals surface area contributed by atoms with Crippen molar-refractivity contribution in [2.45, 2.75) is 64.6 Å². The molecule has 0 radical (unpaired) electrons. The lowest BCUT2D eigenvalue weighted by atomic mass is 9.77. The monoisotopic (exact) mass is 435 g/mol. The highest BCUT2D eigenvalue weighted by Gasteiger charge is 2.44. The highest BCUT2D eigenvalue weighted by Crippen LogP contribution is 2.39. The van der Waals surface area contributed by atoms with Gasteiger partial charge in [-0.1, -0.05) is 0 Å². The molecule has 0 unspecified atom stereocenters. The Morgan fingerprint density at radius 1 is 1.06 bits per heavy atom. The first-order valence-electron chi connectivity index (χ1n) is 11.0. The molecule has 1 saturated heterocycles. The third kappa shape index (κ3) is 4.09.